The molecule has 0 radical (unpaired) electrons. The van der Waals surface area contributed by atoms with Crippen molar-refractivity contribution in [2.45, 2.75) is 33.2 Å². The molecule has 1 N–H and O–H groups in total. The first kappa shape index (κ1) is 11.6. The molecule has 0 amide bonds. The Hall–Kier alpha value is -1.91. The van der Waals surface area contributed by atoms with Crippen LogP contribution in [0.25, 0.3) is 0 Å². The molecule has 2 aromatic rings. The van der Waals surface area contributed by atoms with Crippen LogP contribution in [0.5, 0.6) is 0 Å². The van der Waals surface area contributed by atoms with Gasteiger partial charge in [0.05, 0.1) is 23.9 Å². The molecule has 0 aromatic carbocycles. The second-order valence-corrected chi connectivity index (χ2v) is 3.72. The normalized spacial score (nSPS) is 10.5. The zero-order valence-electron chi connectivity index (χ0n) is 10.1. The van der Waals surface area contributed by atoms with Crippen LogP contribution in [0, 0.1) is 0 Å². The second kappa shape index (κ2) is 5.43. The largest absolute Gasteiger partial charge is 0.472 e. The van der Waals surface area contributed by atoms with Gasteiger partial charge in [-0.2, -0.15) is 5.10 Å². The third kappa shape index (κ3) is 2.81. The maximum Gasteiger partial charge on any atom is 0.243 e. The topological polar surface area (TPSA) is 63.8 Å². The van der Waals surface area contributed by atoms with Gasteiger partial charge < -0.3 is 9.73 Å². The van der Waals surface area contributed by atoms with Crippen molar-refractivity contribution in [1.29, 1.82) is 0 Å². The Morgan fingerprint density at radius 3 is 2.65 bits per heavy atom. The number of aryl methyl sites for hydroxylation is 2. The first-order valence-corrected chi connectivity index (χ1v) is 5.80. The van der Waals surface area contributed by atoms with Gasteiger partial charge in [0.25, 0.3) is 0 Å². The van der Waals surface area contributed by atoms with E-state index in [1.807, 2.05) is 6.07 Å². The Bertz CT molecular complexity index is 467. The molecule has 0 aliphatic rings. The minimum Gasteiger partial charge on any atom is -0.472 e. The van der Waals surface area contributed by atoms with Gasteiger partial charge >= 0.3 is 0 Å². The first-order valence-electron chi connectivity index (χ1n) is 5.80. The summed E-state index contributed by atoms with van der Waals surface area (Å²) in [4.78, 5) is 4.45. The number of hydrogen-bond donors (Lipinski definition) is 1. The molecule has 2 aromatic heterocycles. The Balaban J connectivity index is 2.06. The van der Waals surface area contributed by atoms with Crippen LogP contribution in [0.2, 0.25) is 0 Å². The van der Waals surface area contributed by atoms with Gasteiger partial charge in [-0.05, 0) is 18.9 Å². The van der Waals surface area contributed by atoms with E-state index in [0.29, 0.717) is 12.5 Å². The highest BCUT2D eigenvalue weighted by atomic mass is 16.3. The van der Waals surface area contributed by atoms with Gasteiger partial charge in [-0.1, -0.05) is 13.8 Å². The minimum atomic E-state index is 0.570. The van der Waals surface area contributed by atoms with E-state index in [1.165, 1.54) is 0 Å². The van der Waals surface area contributed by atoms with Gasteiger partial charge in [-0.15, -0.1) is 5.10 Å². The summed E-state index contributed by atoms with van der Waals surface area (Å²) in [6.45, 7) is 4.78. The van der Waals surface area contributed by atoms with Crippen LogP contribution in [0.1, 0.15) is 30.8 Å². The van der Waals surface area contributed by atoms with E-state index >= 15 is 0 Å². The van der Waals surface area contributed by atoms with Crippen LogP contribution in [0.3, 0.4) is 0 Å². The maximum atomic E-state index is 4.99. The molecule has 17 heavy (non-hydrogen) atoms. The van der Waals surface area contributed by atoms with Crippen LogP contribution in [-0.4, -0.2) is 15.2 Å². The van der Waals surface area contributed by atoms with Gasteiger partial charge in [0, 0.05) is 12.1 Å². The smallest absolute Gasteiger partial charge is 0.243 e. The summed E-state index contributed by atoms with van der Waals surface area (Å²) in [6.07, 6.45) is 5.08. The van der Waals surface area contributed by atoms with Crippen LogP contribution >= 0.6 is 0 Å². The molecule has 0 bridgehead atoms. The molecular weight excluding hydrogens is 216 g/mol. The number of rotatable bonds is 5. The minimum absolute atomic E-state index is 0.570. The lowest BCUT2D eigenvalue weighted by Crippen LogP contribution is -2.09. The summed E-state index contributed by atoms with van der Waals surface area (Å²) in [6, 6.07) is 1.90. The molecular formula is C12H16N4O. The lowest BCUT2D eigenvalue weighted by Gasteiger charge is -2.06. The van der Waals surface area contributed by atoms with E-state index in [1.54, 1.807) is 12.5 Å². The molecule has 2 heterocycles. The lowest BCUT2D eigenvalue weighted by atomic mass is 10.2. The van der Waals surface area contributed by atoms with Gasteiger partial charge in [-0.3, -0.25) is 0 Å². The molecule has 5 nitrogen and oxygen atoms in total. The lowest BCUT2D eigenvalue weighted by molar-refractivity contribution is 0.564. The number of hydrogen-bond acceptors (Lipinski definition) is 5. The highest BCUT2D eigenvalue weighted by Crippen LogP contribution is 2.08. The molecule has 0 atom stereocenters. The average molecular weight is 232 g/mol. The summed E-state index contributed by atoms with van der Waals surface area (Å²) in [5.41, 5.74) is 3.05. The van der Waals surface area contributed by atoms with Crippen LogP contribution < -0.4 is 5.32 Å². The molecule has 0 saturated carbocycles. The second-order valence-electron chi connectivity index (χ2n) is 3.72. The molecule has 0 spiro atoms. The highest BCUT2D eigenvalue weighted by molar-refractivity contribution is 5.27. The third-order valence-electron chi connectivity index (χ3n) is 2.54. The zero-order chi connectivity index (χ0) is 12.1. The van der Waals surface area contributed by atoms with Crippen molar-refractivity contribution >= 4 is 5.95 Å². The Morgan fingerprint density at radius 2 is 2.00 bits per heavy atom. The van der Waals surface area contributed by atoms with Crippen molar-refractivity contribution in [2.24, 2.45) is 0 Å². The fourth-order valence-electron chi connectivity index (χ4n) is 1.59. The number of nitrogens with zero attached hydrogens (tertiary/aromatic N) is 3. The first-order chi connectivity index (χ1) is 8.33. The molecule has 5 heteroatoms. The monoisotopic (exact) mass is 232 g/mol. The summed E-state index contributed by atoms with van der Waals surface area (Å²) in [5.74, 6) is 0.570. The van der Waals surface area contributed by atoms with E-state index in [2.05, 4.69) is 34.3 Å². The fourth-order valence-corrected chi connectivity index (χ4v) is 1.59. The van der Waals surface area contributed by atoms with Crippen LogP contribution in [0.15, 0.2) is 23.0 Å². The van der Waals surface area contributed by atoms with Crippen molar-refractivity contribution in [3.8, 4) is 0 Å². The Kier molecular flexibility index (Phi) is 3.69. The van der Waals surface area contributed by atoms with Crippen molar-refractivity contribution in [3.63, 3.8) is 0 Å². The van der Waals surface area contributed by atoms with Crippen molar-refractivity contribution < 1.29 is 4.42 Å². The third-order valence-corrected chi connectivity index (χ3v) is 2.54. The Morgan fingerprint density at radius 1 is 1.18 bits per heavy atom. The van der Waals surface area contributed by atoms with Gasteiger partial charge in [-0.25, -0.2) is 4.98 Å². The number of aromatic nitrogens is 3. The van der Waals surface area contributed by atoms with Crippen molar-refractivity contribution in [3.05, 3.63) is 35.5 Å². The van der Waals surface area contributed by atoms with E-state index in [4.69, 9.17) is 4.42 Å². The number of furan rings is 1. The Labute approximate surface area is 100 Å². The summed E-state index contributed by atoms with van der Waals surface area (Å²) >= 11 is 0. The molecule has 2 rings (SSSR count). The van der Waals surface area contributed by atoms with Gasteiger partial charge in [0.15, 0.2) is 0 Å². The van der Waals surface area contributed by atoms with Crippen LogP contribution in [-0.2, 0) is 19.4 Å². The van der Waals surface area contributed by atoms with E-state index in [9.17, 15) is 0 Å². The van der Waals surface area contributed by atoms with Crippen molar-refractivity contribution in [2.75, 3.05) is 5.32 Å². The number of nitrogens with one attached hydrogen (secondary N) is 1. The molecule has 0 aliphatic heterocycles. The van der Waals surface area contributed by atoms with E-state index in [0.717, 1.165) is 29.8 Å². The quantitative estimate of drug-likeness (QED) is 0.856. The van der Waals surface area contributed by atoms with Crippen molar-refractivity contribution in [1.82, 2.24) is 15.2 Å². The fraction of sp³-hybridized carbons (Fsp3) is 0.417. The molecule has 90 valence electrons. The zero-order valence-corrected chi connectivity index (χ0v) is 10.1. The molecule has 0 saturated heterocycles. The molecule has 0 fully saturated rings. The maximum absolute atomic E-state index is 4.99. The molecule has 0 unspecified atom stereocenters. The summed E-state index contributed by atoms with van der Waals surface area (Å²) in [5, 5.41) is 11.4. The summed E-state index contributed by atoms with van der Waals surface area (Å²) < 4.78 is 4.99. The predicted octanol–water partition coefficient (Wildman–Crippen LogP) is 2.20. The average Bonchev–Trinajstić information content (AvgIpc) is 2.89. The van der Waals surface area contributed by atoms with E-state index in [-0.39, 0.29) is 0 Å². The highest BCUT2D eigenvalue weighted by Gasteiger charge is 2.05. The standard InChI is InChI=1S/C12H16N4O/c1-3-10-11(4-2)15-16-12(14-10)13-7-9-5-6-17-8-9/h5-6,8H,3-4,7H2,1-2H3,(H,13,14,16). The van der Waals surface area contributed by atoms with Gasteiger partial charge in [0.1, 0.15) is 0 Å². The molecule has 0 aliphatic carbocycles. The summed E-state index contributed by atoms with van der Waals surface area (Å²) in [7, 11) is 0. The predicted molar refractivity (Wildman–Crippen MR) is 64.6 cm³/mol. The van der Waals surface area contributed by atoms with Gasteiger partial charge in [0.2, 0.25) is 5.95 Å². The van der Waals surface area contributed by atoms with Crippen LogP contribution in [0.4, 0.5) is 5.95 Å². The van der Waals surface area contributed by atoms with E-state index < -0.39 is 0 Å². The SMILES string of the molecule is CCc1nnc(NCc2ccoc2)nc1CC. The number of anilines is 1.